The standard InChI is InChI=1S/C14H21N3O2/c1-4-15-12-8-11(7-10(2)16-12)13(18)17-14(3)5-6-19-9-14/h7-8H,4-6,9H2,1-3H3,(H,15,16)(H,17,18). The van der Waals surface area contributed by atoms with Gasteiger partial charge in [0.05, 0.1) is 12.1 Å². The summed E-state index contributed by atoms with van der Waals surface area (Å²) in [6.07, 6.45) is 0.850. The van der Waals surface area contributed by atoms with Crippen molar-refractivity contribution in [3.63, 3.8) is 0 Å². The van der Waals surface area contributed by atoms with Crippen LogP contribution in [0.3, 0.4) is 0 Å². The van der Waals surface area contributed by atoms with Crippen LogP contribution in [0.4, 0.5) is 5.82 Å². The fourth-order valence-electron chi connectivity index (χ4n) is 2.18. The molecule has 19 heavy (non-hydrogen) atoms. The fraction of sp³-hybridized carbons (Fsp3) is 0.571. The summed E-state index contributed by atoms with van der Waals surface area (Å²) < 4.78 is 5.34. The van der Waals surface area contributed by atoms with Gasteiger partial charge in [0.1, 0.15) is 5.82 Å². The number of aromatic nitrogens is 1. The number of nitrogens with zero attached hydrogens (tertiary/aromatic N) is 1. The van der Waals surface area contributed by atoms with Crippen LogP contribution in [0.5, 0.6) is 0 Å². The molecule has 5 heteroatoms. The second kappa shape index (κ2) is 5.57. The Balaban J connectivity index is 2.14. The van der Waals surface area contributed by atoms with Crippen LogP contribution in [-0.2, 0) is 4.74 Å². The van der Waals surface area contributed by atoms with E-state index in [0.717, 1.165) is 24.5 Å². The van der Waals surface area contributed by atoms with Gasteiger partial charge in [-0.25, -0.2) is 4.98 Å². The molecule has 1 aromatic rings. The van der Waals surface area contributed by atoms with Crippen LogP contribution in [0.15, 0.2) is 12.1 Å². The van der Waals surface area contributed by atoms with Crippen LogP contribution in [0.2, 0.25) is 0 Å². The molecule has 1 fully saturated rings. The van der Waals surface area contributed by atoms with Crippen molar-refractivity contribution in [2.75, 3.05) is 25.1 Å². The van der Waals surface area contributed by atoms with Gasteiger partial charge in [-0.15, -0.1) is 0 Å². The van der Waals surface area contributed by atoms with Crippen molar-refractivity contribution in [3.05, 3.63) is 23.4 Å². The number of hydrogen-bond acceptors (Lipinski definition) is 4. The summed E-state index contributed by atoms with van der Waals surface area (Å²) in [4.78, 5) is 16.6. The Hall–Kier alpha value is -1.62. The van der Waals surface area contributed by atoms with Gasteiger partial charge in [0.2, 0.25) is 0 Å². The lowest BCUT2D eigenvalue weighted by Gasteiger charge is -2.23. The van der Waals surface area contributed by atoms with E-state index in [4.69, 9.17) is 4.74 Å². The number of ether oxygens (including phenoxy) is 1. The van der Waals surface area contributed by atoms with E-state index in [0.29, 0.717) is 18.8 Å². The molecule has 104 valence electrons. The minimum absolute atomic E-state index is 0.0716. The zero-order valence-corrected chi connectivity index (χ0v) is 11.7. The highest BCUT2D eigenvalue weighted by molar-refractivity contribution is 5.95. The molecule has 2 N–H and O–H groups in total. The Labute approximate surface area is 113 Å². The number of hydrogen-bond donors (Lipinski definition) is 2. The van der Waals surface area contributed by atoms with Crippen LogP contribution < -0.4 is 10.6 Å². The van der Waals surface area contributed by atoms with Crippen LogP contribution in [0.25, 0.3) is 0 Å². The molecule has 0 bridgehead atoms. The average Bonchev–Trinajstić information content (AvgIpc) is 2.75. The normalized spacial score (nSPS) is 22.3. The predicted octanol–water partition coefficient (Wildman–Crippen LogP) is 1.73. The van der Waals surface area contributed by atoms with Crippen LogP contribution in [0, 0.1) is 6.92 Å². The molecule has 0 spiro atoms. The summed E-state index contributed by atoms with van der Waals surface area (Å²) in [6.45, 7) is 7.95. The number of carbonyl (C=O) groups is 1. The van der Waals surface area contributed by atoms with Crippen LogP contribution in [0.1, 0.15) is 36.3 Å². The number of aryl methyl sites for hydroxylation is 1. The second-order valence-electron chi connectivity index (χ2n) is 5.23. The first-order chi connectivity index (χ1) is 9.02. The molecule has 2 heterocycles. The van der Waals surface area contributed by atoms with Gasteiger partial charge in [-0.2, -0.15) is 0 Å². The lowest BCUT2D eigenvalue weighted by Crippen LogP contribution is -2.46. The summed E-state index contributed by atoms with van der Waals surface area (Å²) in [6, 6.07) is 3.58. The van der Waals surface area contributed by atoms with E-state index in [-0.39, 0.29) is 11.4 Å². The largest absolute Gasteiger partial charge is 0.379 e. The number of pyridine rings is 1. The van der Waals surface area contributed by atoms with Crippen molar-refractivity contribution in [2.24, 2.45) is 0 Å². The molecule has 1 aromatic heterocycles. The Morgan fingerprint density at radius 2 is 2.32 bits per heavy atom. The first-order valence-corrected chi connectivity index (χ1v) is 6.65. The summed E-state index contributed by atoms with van der Waals surface area (Å²) >= 11 is 0. The SMILES string of the molecule is CCNc1cc(C(=O)NC2(C)CCOC2)cc(C)n1. The predicted molar refractivity (Wildman–Crippen MR) is 74.4 cm³/mol. The van der Waals surface area contributed by atoms with Crippen LogP contribution >= 0.6 is 0 Å². The maximum absolute atomic E-state index is 12.3. The van der Waals surface area contributed by atoms with E-state index < -0.39 is 0 Å². The maximum Gasteiger partial charge on any atom is 0.251 e. The van der Waals surface area contributed by atoms with Gasteiger partial charge in [0.25, 0.3) is 5.91 Å². The molecule has 1 unspecified atom stereocenters. The lowest BCUT2D eigenvalue weighted by atomic mass is 10.0. The lowest BCUT2D eigenvalue weighted by molar-refractivity contribution is 0.0889. The van der Waals surface area contributed by atoms with Crippen molar-refractivity contribution in [1.29, 1.82) is 0 Å². The zero-order valence-electron chi connectivity index (χ0n) is 11.7. The molecule has 2 rings (SSSR count). The smallest absolute Gasteiger partial charge is 0.251 e. The molecular formula is C14H21N3O2. The molecule has 1 saturated heterocycles. The van der Waals surface area contributed by atoms with Gasteiger partial charge >= 0.3 is 0 Å². The van der Waals surface area contributed by atoms with E-state index in [1.54, 1.807) is 12.1 Å². The molecule has 1 amide bonds. The summed E-state index contributed by atoms with van der Waals surface area (Å²) in [5.74, 6) is 0.665. The number of nitrogens with one attached hydrogen (secondary N) is 2. The Morgan fingerprint density at radius 1 is 1.53 bits per heavy atom. The zero-order chi connectivity index (χ0) is 13.9. The Bertz CT molecular complexity index is 468. The van der Waals surface area contributed by atoms with E-state index >= 15 is 0 Å². The first-order valence-electron chi connectivity index (χ1n) is 6.65. The van der Waals surface area contributed by atoms with Crippen molar-refractivity contribution in [2.45, 2.75) is 32.7 Å². The number of amides is 1. The Kier molecular flexibility index (Phi) is 4.04. The van der Waals surface area contributed by atoms with Gasteiger partial charge in [-0.1, -0.05) is 0 Å². The quantitative estimate of drug-likeness (QED) is 0.868. The topological polar surface area (TPSA) is 63.2 Å². The highest BCUT2D eigenvalue weighted by Crippen LogP contribution is 2.19. The van der Waals surface area contributed by atoms with Crippen molar-refractivity contribution < 1.29 is 9.53 Å². The molecule has 0 aromatic carbocycles. The minimum Gasteiger partial charge on any atom is -0.379 e. The third-order valence-electron chi connectivity index (χ3n) is 3.21. The van der Waals surface area contributed by atoms with Gasteiger partial charge in [-0.05, 0) is 39.3 Å². The van der Waals surface area contributed by atoms with E-state index in [2.05, 4.69) is 15.6 Å². The summed E-state index contributed by atoms with van der Waals surface area (Å²) in [7, 11) is 0. The summed E-state index contributed by atoms with van der Waals surface area (Å²) in [5, 5.41) is 6.18. The average molecular weight is 263 g/mol. The fourth-order valence-corrected chi connectivity index (χ4v) is 2.18. The highest BCUT2D eigenvalue weighted by atomic mass is 16.5. The second-order valence-corrected chi connectivity index (χ2v) is 5.23. The van der Waals surface area contributed by atoms with Crippen molar-refractivity contribution in [1.82, 2.24) is 10.3 Å². The van der Waals surface area contributed by atoms with Crippen LogP contribution in [-0.4, -0.2) is 36.2 Å². The third-order valence-corrected chi connectivity index (χ3v) is 3.21. The highest BCUT2D eigenvalue weighted by Gasteiger charge is 2.31. The third kappa shape index (κ3) is 3.44. The van der Waals surface area contributed by atoms with E-state index in [1.165, 1.54) is 0 Å². The molecule has 5 nitrogen and oxygen atoms in total. The van der Waals surface area contributed by atoms with Gasteiger partial charge in [0.15, 0.2) is 0 Å². The number of rotatable bonds is 4. The monoisotopic (exact) mass is 263 g/mol. The van der Waals surface area contributed by atoms with Crippen molar-refractivity contribution in [3.8, 4) is 0 Å². The molecule has 1 aliphatic heterocycles. The molecule has 0 aliphatic carbocycles. The molecular weight excluding hydrogens is 242 g/mol. The Morgan fingerprint density at radius 3 is 2.95 bits per heavy atom. The minimum atomic E-state index is -0.257. The molecule has 1 atom stereocenters. The number of carbonyl (C=O) groups excluding carboxylic acids is 1. The van der Waals surface area contributed by atoms with Gasteiger partial charge in [0, 0.05) is 24.4 Å². The molecule has 1 aliphatic rings. The number of anilines is 1. The van der Waals surface area contributed by atoms with Crippen molar-refractivity contribution >= 4 is 11.7 Å². The maximum atomic E-state index is 12.3. The summed E-state index contributed by atoms with van der Waals surface area (Å²) in [5.41, 5.74) is 1.21. The van der Waals surface area contributed by atoms with Gasteiger partial charge < -0.3 is 15.4 Å². The van der Waals surface area contributed by atoms with Gasteiger partial charge in [-0.3, -0.25) is 4.79 Å². The first kappa shape index (κ1) is 13.8. The van der Waals surface area contributed by atoms with E-state index in [1.807, 2.05) is 20.8 Å². The molecule has 0 saturated carbocycles. The van der Waals surface area contributed by atoms with E-state index in [9.17, 15) is 4.79 Å². The molecule has 0 radical (unpaired) electrons.